The molecule has 0 saturated heterocycles. The van der Waals surface area contributed by atoms with Crippen LogP contribution in [-0.2, 0) is 5.60 Å². The van der Waals surface area contributed by atoms with E-state index < -0.39 is 17.7 Å². The number of hydrogen-bond donors (Lipinski definition) is 1. The van der Waals surface area contributed by atoms with Crippen LogP contribution in [-0.4, -0.2) is 11.5 Å². The monoisotopic (exact) mass is 316 g/mol. The molecule has 1 atom stereocenters. The molecule has 0 bridgehead atoms. The second-order valence-electron chi connectivity index (χ2n) is 4.62. The molecule has 21 heavy (non-hydrogen) atoms. The summed E-state index contributed by atoms with van der Waals surface area (Å²) in [6, 6.07) is 11.7. The maximum atomic E-state index is 12.4. The lowest BCUT2D eigenvalue weighted by atomic mass is 9.87. The van der Waals surface area contributed by atoms with Gasteiger partial charge >= 0.3 is 6.36 Å². The Balaban J connectivity index is 2.47. The van der Waals surface area contributed by atoms with Gasteiger partial charge in [0.15, 0.2) is 0 Å². The molecule has 0 fully saturated rings. The molecule has 0 spiro atoms. The van der Waals surface area contributed by atoms with Crippen LogP contribution in [0.15, 0.2) is 48.5 Å². The summed E-state index contributed by atoms with van der Waals surface area (Å²) in [5.41, 5.74) is -1.22. The first kappa shape index (κ1) is 15.7. The lowest BCUT2D eigenvalue weighted by Gasteiger charge is -2.27. The van der Waals surface area contributed by atoms with Gasteiger partial charge in [0, 0.05) is 10.6 Å². The average molecular weight is 317 g/mol. The highest BCUT2D eigenvalue weighted by Gasteiger charge is 2.36. The predicted octanol–water partition coefficient (Wildman–Crippen LogP) is 4.49. The second-order valence-corrected chi connectivity index (χ2v) is 5.06. The van der Waals surface area contributed by atoms with Crippen molar-refractivity contribution in [1.82, 2.24) is 0 Å². The van der Waals surface area contributed by atoms with E-state index in [9.17, 15) is 18.3 Å². The van der Waals surface area contributed by atoms with Crippen molar-refractivity contribution in [2.24, 2.45) is 0 Å². The minimum Gasteiger partial charge on any atom is -0.405 e. The molecule has 2 nitrogen and oxygen atoms in total. The van der Waals surface area contributed by atoms with Gasteiger partial charge in [-0.25, -0.2) is 0 Å². The molecule has 0 heterocycles. The number of benzene rings is 2. The van der Waals surface area contributed by atoms with E-state index in [2.05, 4.69) is 4.74 Å². The number of halogens is 4. The van der Waals surface area contributed by atoms with Crippen LogP contribution in [0.3, 0.4) is 0 Å². The van der Waals surface area contributed by atoms with Crippen molar-refractivity contribution in [1.29, 1.82) is 0 Å². The highest BCUT2D eigenvalue weighted by atomic mass is 35.5. The summed E-state index contributed by atoms with van der Waals surface area (Å²) in [6.45, 7) is 1.40. The van der Waals surface area contributed by atoms with Crippen LogP contribution in [0, 0.1) is 0 Å². The van der Waals surface area contributed by atoms with E-state index in [0.29, 0.717) is 10.6 Å². The minimum absolute atomic E-state index is 0.0182. The van der Waals surface area contributed by atoms with E-state index in [4.69, 9.17) is 11.6 Å². The molecule has 0 aromatic heterocycles. The van der Waals surface area contributed by atoms with E-state index in [1.807, 2.05) is 0 Å². The quantitative estimate of drug-likeness (QED) is 0.903. The normalized spacial score (nSPS) is 14.6. The van der Waals surface area contributed by atoms with E-state index in [1.54, 1.807) is 24.3 Å². The summed E-state index contributed by atoms with van der Waals surface area (Å²) in [4.78, 5) is 0. The minimum atomic E-state index is -4.83. The van der Waals surface area contributed by atoms with Gasteiger partial charge in [0.2, 0.25) is 0 Å². The summed E-state index contributed by atoms with van der Waals surface area (Å²) in [5.74, 6) is -0.440. The Morgan fingerprint density at radius 1 is 1.00 bits per heavy atom. The first-order valence-corrected chi connectivity index (χ1v) is 6.41. The summed E-state index contributed by atoms with van der Waals surface area (Å²) in [6.07, 6.45) is -4.83. The Kier molecular flexibility index (Phi) is 4.16. The Bertz CT molecular complexity index is 622. The van der Waals surface area contributed by atoms with Crippen LogP contribution in [0.1, 0.15) is 18.1 Å². The fourth-order valence-electron chi connectivity index (χ4n) is 2.01. The molecule has 2 aromatic carbocycles. The third kappa shape index (κ3) is 3.68. The van der Waals surface area contributed by atoms with E-state index >= 15 is 0 Å². The molecular formula is C15H12ClF3O2. The molecule has 0 aliphatic rings. The van der Waals surface area contributed by atoms with Crippen LogP contribution >= 0.6 is 11.6 Å². The maximum Gasteiger partial charge on any atom is 0.573 e. The standard InChI is InChI=1S/C15H12ClF3O2/c1-14(20,10-6-8-11(16)9-7-10)12-4-2-3-5-13(12)21-15(17,18)19/h2-9,20H,1H3. The summed E-state index contributed by atoms with van der Waals surface area (Å²) in [7, 11) is 0. The van der Waals surface area contributed by atoms with Gasteiger partial charge in [-0.05, 0) is 30.7 Å². The molecule has 6 heteroatoms. The van der Waals surface area contributed by atoms with Gasteiger partial charge in [0.1, 0.15) is 11.4 Å². The molecule has 1 N–H and O–H groups in total. The molecule has 1 unspecified atom stereocenters. The van der Waals surface area contributed by atoms with Crippen LogP contribution in [0.4, 0.5) is 13.2 Å². The SMILES string of the molecule is CC(O)(c1ccc(Cl)cc1)c1ccccc1OC(F)(F)F. The largest absolute Gasteiger partial charge is 0.573 e. The zero-order chi connectivity index (χ0) is 15.7. The fraction of sp³-hybridized carbons (Fsp3) is 0.200. The molecule has 112 valence electrons. The highest BCUT2D eigenvalue weighted by Crippen LogP contribution is 2.37. The van der Waals surface area contributed by atoms with Crippen LogP contribution < -0.4 is 4.74 Å². The molecular weight excluding hydrogens is 305 g/mol. The molecule has 0 saturated carbocycles. The number of ether oxygens (including phenoxy) is 1. The number of para-hydroxylation sites is 1. The van der Waals surface area contributed by atoms with Crippen LogP contribution in [0.2, 0.25) is 5.02 Å². The van der Waals surface area contributed by atoms with Crippen molar-refractivity contribution in [3.63, 3.8) is 0 Å². The number of rotatable bonds is 3. The molecule has 0 aliphatic heterocycles. The number of hydrogen-bond acceptors (Lipinski definition) is 2. The van der Waals surface area contributed by atoms with E-state index in [-0.39, 0.29) is 5.56 Å². The van der Waals surface area contributed by atoms with Crippen molar-refractivity contribution in [3.05, 3.63) is 64.7 Å². The zero-order valence-corrected chi connectivity index (χ0v) is 11.7. The maximum absolute atomic E-state index is 12.4. The predicted molar refractivity (Wildman–Crippen MR) is 73.2 cm³/mol. The number of aliphatic hydroxyl groups is 1. The summed E-state index contributed by atoms with van der Waals surface area (Å²) < 4.78 is 41.3. The third-order valence-corrected chi connectivity index (χ3v) is 3.30. The molecule has 0 aliphatic carbocycles. The first-order valence-electron chi connectivity index (χ1n) is 6.04. The van der Waals surface area contributed by atoms with Crippen molar-refractivity contribution in [2.45, 2.75) is 18.9 Å². The second kappa shape index (κ2) is 5.58. The topological polar surface area (TPSA) is 29.5 Å². The third-order valence-electron chi connectivity index (χ3n) is 3.04. The average Bonchev–Trinajstić information content (AvgIpc) is 2.37. The smallest absolute Gasteiger partial charge is 0.405 e. The van der Waals surface area contributed by atoms with Gasteiger partial charge in [0.25, 0.3) is 0 Å². The van der Waals surface area contributed by atoms with E-state index in [1.165, 1.54) is 25.1 Å². The van der Waals surface area contributed by atoms with Crippen LogP contribution in [0.5, 0.6) is 5.75 Å². The van der Waals surface area contributed by atoms with Gasteiger partial charge in [-0.1, -0.05) is 41.9 Å². The fourth-order valence-corrected chi connectivity index (χ4v) is 2.14. The Hall–Kier alpha value is -1.72. The first-order chi connectivity index (χ1) is 9.70. The Morgan fingerprint density at radius 3 is 2.14 bits per heavy atom. The van der Waals surface area contributed by atoms with Gasteiger partial charge in [-0.2, -0.15) is 0 Å². The molecule has 2 aromatic rings. The zero-order valence-electron chi connectivity index (χ0n) is 11.0. The Labute approximate surface area is 124 Å². The van der Waals surface area contributed by atoms with Crippen molar-refractivity contribution in [3.8, 4) is 5.75 Å². The summed E-state index contributed by atoms with van der Waals surface area (Å²) in [5, 5.41) is 11.1. The summed E-state index contributed by atoms with van der Waals surface area (Å²) >= 11 is 5.77. The van der Waals surface area contributed by atoms with Crippen LogP contribution in [0.25, 0.3) is 0 Å². The lowest BCUT2D eigenvalue weighted by molar-refractivity contribution is -0.275. The van der Waals surface area contributed by atoms with Gasteiger partial charge in [-0.15, -0.1) is 13.2 Å². The lowest BCUT2D eigenvalue weighted by Crippen LogP contribution is -2.26. The van der Waals surface area contributed by atoms with Crippen molar-refractivity contribution in [2.75, 3.05) is 0 Å². The highest BCUT2D eigenvalue weighted by molar-refractivity contribution is 6.30. The molecule has 0 amide bonds. The Morgan fingerprint density at radius 2 is 1.57 bits per heavy atom. The molecule has 2 rings (SSSR count). The van der Waals surface area contributed by atoms with Gasteiger partial charge < -0.3 is 9.84 Å². The van der Waals surface area contributed by atoms with Crippen molar-refractivity contribution < 1.29 is 23.0 Å². The van der Waals surface area contributed by atoms with Crippen molar-refractivity contribution >= 4 is 11.6 Å². The molecule has 0 radical (unpaired) electrons. The van der Waals surface area contributed by atoms with Gasteiger partial charge in [-0.3, -0.25) is 0 Å². The van der Waals surface area contributed by atoms with Gasteiger partial charge in [0.05, 0.1) is 0 Å². The number of alkyl halides is 3. The van der Waals surface area contributed by atoms with E-state index in [0.717, 1.165) is 6.07 Å².